The number of nitrogens with zero attached hydrogens (tertiary/aromatic N) is 1. The van der Waals surface area contributed by atoms with Crippen LogP contribution >= 0.6 is 11.6 Å². The average molecular weight is 971 g/mol. The Bertz CT molecular complexity index is 2470. The topological polar surface area (TPSA) is 149 Å². The lowest BCUT2D eigenvalue weighted by Crippen LogP contribution is -2.53. The number of carbonyl (C=O) groups is 2. The maximum Gasteiger partial charge on any atom is 0.344 e. The van der Waals surface area contributed by atoms with Gasteiger partial charge in [0.25, 0.3) is 0 Å². The van der Waals surface area contributed by atoms with Crippen molar-refractivity contribution < 1.29 is 38.1 Å². The zero-order valence-corrected chi connectivity index (χ0v) is 42.7. The number of methoxy groups -OCH3 is 1. The molecule has 0 unspecified atom stereocenters. The minimum absolute atomic E-state index is 0.00412. The van der Waals surface area contributed by atoms with E-state index in [1.54, 1.807) is 31.4 Å². The Kier molecular flexibility index (Phi) is 15.7. The first-order valence-electron chi connectivity index (χ1n) is 25.0. The monoisotopic (exact) mass is 969 g/mol. The molecule has 12 nitrogen and oxygen atoms in total. The number of pyridine rings is 1. The third kappa shape index (κ3) is 11.4. The van der Waals surface area contributed by atoms with Gasteiger partial charge in [0, 0.05) is 42.7 Å². The quantitative estimate of drug-likeness (QED) is 0.0686. The molecule has 4 heterocycles. The second-order valence-electron chi connectivity index (χ2n) is 21.4. The Labute approximate surface area is 407 Å². The number of esters is 2. The summed E-state index contributed by atoms with van der Waals surface area (Å²) in [7, 11) is -0.706. The predicted molar refractivity (Wildman–Crippen MR) is 268 cm³/mol. The van der Waals surface area contributed by atoms with E-state index in [2.05, 4.69) is 73.3 Å². The van der Waals surface area contributed by atoms with Gasteiger partial charge in [-0.15, -0.1) is 0 Å². The number of halogens is 1. The Morgan fingerprint density at radius 1 is 0.941 bits per heavy atom. The minimum atomic E-state index is -2.28. The van der Waals surface area contributed by atoms with Crippen LogP contribution in [-0.2, 0) is 41.9 Å². The van der Waals surface area contributed by atoms with Gasteiger partial charge in [-0.2, -0.15) is 0 Å². The van der Waals surface area contributed by atoms with E-state index in [9.17, 15) is 19.5 Å². The van der Waals surface area contributed by atoms with Crippen LogP contribution in [0.15, 0.2) is 65.5 Å². The fourth-order valence-electron chi connectivity index (χ4n) is 10.8. The molecule has 3 aromatic carbocycles. The molecule has 3 aliphatic heterocycles. The summed E-state index contributed by atoms with van der Waals surface area (Å²) in [5.41, 5.74) is 3.52. The van der Waals surface area contributed by atoms with Crippen molar-refractivity contribution in [2.45, 2.75) is 146 Å². The molecule has 0 amide bonds. The SMILES string of the molecule is COc1cc(OCC(=O)OC2CCC(Cc3cccc(C4(C(=O)O[C@@H]5CN6CCC5CC6)CCCCC4)c3)CC2)c(Cl)cc1CNC[C@H](O[Si](C)(C)C(C)(C)C)c1ccc(O)c2[nH]c(=O)ccc12. The van der Waals surface area contributed by atoms with E-state index >= 15 is 0 Å². The zero-order valence-electron chi connectivity index (χ0n) is 40.9. The number of fused-ring (bicyclic) bond motifs is 4. The molecule has 368 valence electrons. The van der Waals surface area contributed by atoms with Gasteiger partial charge in [0.2, 0.25) is 5.56 Å². The summed E-state index contributed by atoms with van der Waals surface area (Å²) in [5, 5.41) is 15.1. The number of phenolic OH excluding ortho intramolecular Hbond substituents is 1. The van der Waals surface area contributed by atoms with Crippen LogP contribution < -0.4 is 20.3 Å². The van der Waals surface area contributed by atoms with Gasteiger partial charge in [0.15, 0.2) is 14.9 Å². The molecule has 5 aliphatic rings. The van der Waals surface area contributed by atoms with Gasteiger partial charge in [-0.05, 0) is 136 Å². The van der Waals surface area contributed by atoms with Crippen molar-refractivity contribution in [3.63, 3.8) is 0 Å². The highest BCUT2D eigenvalue weighted by atomic mass is 35.5. The highest BCUT2D eigenvalue weighted by Gasteiger charge is 2.46. The van der Waals surface area contributed by atoms with Crippen molar-refractivity contribution in [1.29, 1.82) is 0 Å². The summed E-state index contributed by atoms with van der Waals surface area (Å²) in [5.74, 6) is 1.36. The average Bonchev–Trinajstić information content (AvgIpc) is 3.32. The molecule has 2 saturated carbocycles. The number of ether oxygens (including phenoxy) is 4. The number of phenols is 1. The third-order valence-corrected chi connectivity index (χ3v) is 20.7. The fourth-order valence-corrected chi connectivity index (χ4v) is 12.4. The summed E-state index contributed by atoms with van der Waals surface area (Å²) in [6, 6.07) is 18.8. The van der Waals surface area contributed by atoms with E-state index < -0.39 is 25.8 Å². The number of benzene rings is 3. The second-order valence-corrected chi connectivity index (χ2v) is 26.6. The van der Waals surface area contributed by atoms with Crippen molar-refractivity contribution >= 4 is 42.8 Å². The van der Waals surface area contributed by atoms with Crippen molar-refractivity contribution in [3.05, 3.63) is 98.3 Å². The number of hydrogen-bond acceptors (Lipinski definition) is 11. The number of piperidine rings is 3. The van der Waals surface area contributed by atoms with Crippen LogP contribution in [0.4, 0.5) is 0 Å². The highest BCUT2D eigenvalue weighted by molar-refractivity contribution is 6.74. The first-order valence-corrected chi connectivity index (χ1v) is 28.3. The third-order valence-electron chi connectivity index (χ3n) is 15.9. The molecule has 1 aromatic heterocycles. The van der Waals surface area contributed by atoms with Crippen LogP contribution in [0, 0.1) is 11.8 Å². The molecule has 14 heteroatoms. The van der Waals surface area contributed by atoms with Gasteiger partial charge in [0.1, 0.15) is 29.5 Å². The lowest BCUT2D eigenvalue weighted by Gasteiger charge is -2.45. The number of aromatic nitrogens is 1. The summed E-state index contributed by atoms with van der Waals surface area (Å²) < 4.78 is 31.0. The van der Waals surface area contributed by atoms with E-state index in [1.165, 1.54) is 11.6 Å². The number of H-pyrrole nitrogens is 1. The molecule has 68 heavy (non-hydrogen) atoms. The molecular formula is C54H72ClN3O9Si. The molecule has 3 saturated heterocycles. The largest absolute Gasteiger partial charge is 0.506 e. The van der Waals surface area contributed by atoms with Crippen molar-refractivity contribution in [1.82, 2.24) is 15.2 Å². The molecule has 2 atom stereocenters. The second kappa shape index (κ2) is 21.3. The van der Waals surface area contributed by atoms with E-state index in [0.717, 1.165) is 113 Å². The Balaban J connectivity index is 0.830. The van der Waals surface area contributed by atoms with Crippen LogP contribution in [0.2, 0.25) is 23.2 Å². The number of carbonyl (C=O) groups excluding carboxylic acids is 2. The molecular weight excluding hydrogens is 898 g/mol. The van der Waals surface area contributed by atoms with Crippen LogP contribution in [0.3, 0.4) is 0 Å². The lowest BCUT2D eigenvalue weighted by atomic mass is 9.68. The molecule has 2 aliphatic carbocycles. The maximum atomic E-state index is 14.1. The summed E-state index contributed by atoms with van der Waals surface area (Å²) in [6.07, 6.45) is 11.0. The van der Waals surface area contributed by atoms with Crippen molar-refractivity contribution in [2.24, 2.45) is 11.8 Å². The first kappa shape index (κ1) is 50.0. The Morgan fingerprint density at radius 2 is 1.69 bits per heavy atom. The number of aromatic hydroxyl groups is 1. The standard InChI is InChI=1S/C54H72ClN3O9Si/c1-53(2,3)68(5,6)67-47(41-17-19-44(59)51-42(41)18-20-49(60)57-51)32-56-31-38-29-43(55)46(30-45(38)63-4)64-34-50(61)65-40-15-13-35(14-16-40)27-36-11-10-12-39(28-36)54(23-8-7-9-24-54)52(62)66-48-33-58-25-21-37(48)22-26-58/h10-12,17-20,28-30,35,37,40,47-48,56,59H,7-9,13-16,21-27,31-34H2,1-6H3,(H,57,60)/t35?,40?,47-,48+/m0/s1. The summed E-state index contributed by atoms with van der Waals surface area (Å²) in [4.78, 5) is 44.6. The summed E-state index contributed by atoms with van der Waals surface area (Å²) in [6.45, 7) is 14.6. The molecule has 9 rings (SSSR count). The maximum absolute atomic E-state index is 14.1. The molecule has 0 spiro atoms. The van der Waals surface area contributed by atoms with E-state index in [4.69, 9.17) is 35.0 Å². The van der Waals surface area contributed by atoms with Crippen molar-refractivity contribution in [2.75, 3.05) is 39.9 Å². The van der Waals surface area contributed by atoms with Gasteiger partial charge in [0.05, 0.1) is 29.2 Å². The molecule has 0 radical (unpaired) electrons. The number of hydrogen-bond donors (Lipinski definition) is 3. The molecule has 3 N–H and O–H groups in total. The van der Waals surface area contributed by atoms with Gasteiger partial charge in [-0.3, -0.25) is 14.5 Å². The predicted octanol–water partition coefficient (Wildman–Crippen LogP) is 10.3. The molecule has 2 bridgehead atoms. The van der Waals surface area contributed by atoms with Crippen LogP contribution in [0.5, 0.6) is 17.2 Å². The van der Waals surface area contributed by atoms with Gasteiger partial charge in [-0.1, -0.05) is 82.0 Å². The van der Waals surface area contributed by atoms with E-state index in [-0.39, 0.29) is 41.1 Å². The minimum Gasteiger partial charge on any atom is -0.506 e. The van der Waals surface area contributed by atoms with Gasteiger partial charge in [-0.25, -0.2) is 4.79 Å². The lowest BCUT2D eigenvalue weighted by molar-refractivity contribution is -0.167. The number of rotatable bonds is 17. The smallest absolute Gasteiger partial charge is 0.344 e. The highest BCUT2D eigenvalue weighted by Crippen LogP contribution is 2.44. The van der Waals surface area contributed by atoms with E-state index in [0.29, 0.717) is 52.3 Å². The van der Waals surface area contributed by atoms with Gasteiger partial charge < -0.3 is 38.8 Å². The fraction of sp³-hybridized carbons (Fsp3) is 0.574. The van der Waals surface area contributed by atoms with Crippen LogP contribution in [0.1, 0.15) is 120 Å². The summed E-state index contributed by atoms with van der Waals surface area (Å²) >= 11 is 6.76. The van der Waals surface area contributed by atoms with Crippen LogP contribution in [0.25, 0.3) is 10.9 Å². The normalized spacial score (nSPS) is 23.2. The van der Waals surface area contributed by atoms with E-state index in [1.807, 2.05) is 6.07 Å². The van der Waals surface area contributed by atoms with Crippen LogP contribution in [-0.4, -0.2) is 87.4 Å². The number of aromatic amines is 1. The Morgan fingerprint density at radius 3 is 2.38 bits per heavy atom. The van der Waals surface area contributed by atoms with Gasteiger partial charge >= 0.3 is 11.9 Å². The van der Waals surface area contributed by atoms with Crippen molar-refractivity contribution in [3.8, 4) is 17.2 Å². The Hall–Kier alpha value is -4.40. The molecule has 5 fully saturated rings. The molecule has 4 aromatic rings. The zero-order chi connectivity index (χ0) is 48.2. The number of nitrogens with one attached hydrogen (secondary N) is 2. The first-order chi connectivity index (χ1) is 32.5.